The van der Waals surface area contributed by atoms with Crippen LogP contribution in [0.25, 0.3) is 0 Å². The van der Waals surface area contributed by atoms with Crippen LogP contribution in [0.1, 0.15) is 30.0 Å². The van der Waals surface area contributed by atoms with Crippen molar-refractivity contribution >= 4 is 5.91 Å². The molecule has 1 amide bonds. The van der Waals surface area contributed by atoms with Crippen LogP contribution in [0.15, 0.2) is 24.3 Å². The van der Waals surface area contributed by atoms with Crippen LogP contribution in [-0.2, 0) is 4.79 Å². The van der Waals surface area contributed by atoms with Crippen molar-refractivity contribution in [2.45, 2.75) is 25.8 Å². The Morgan fingerprint density at radius 3 is 2.71 bits per heavy atom. The number of amides is 1. The number of aryl methyl sites for hydroxylation is 1. The lowest BCUT2D eigenvalue weighted by atomic mass is 9.88. The maximum Gasteiger partial charge on any atom is 0.222 e. The van der Waals surface area contributed by atoms with Crippen molar-refractivity contribution in [2.75, 3.05) is 46.3 Å². The van der Waals surface area contributed by atoms with Crippen LogP contribution in [-0.4, -0.2) is 66.9 Å². The van der Waals surface area contributed by atoms with Gasteiger partial charge in [0.25, 0.3) is 0 Å². The molecule has 3 fully saturated rings. The molecule has 0 saturated carbocycles. The highest BCUT2D eigenvalue weighted by atomic mass is 16.2. The maximum atomic E-state index is 11.8. The first-order valence-electron chi connectivity index (χ1n) is 9.39. The van der Waals surface area contributed by atoms with Gasteiger partial charge in [0.2, 0.25) is 5.91 Å². The fraction of sp³-hybridized carbons (Fsp3) is 0.650. The number of nitrogens with zero attached hydrogens (tertiary/aromatic N) is 3. The van der Waals surface area contributed by atoms with E-state index in [0.29, 0.717) is 11.9 Å². The number of hydrogen-bond acceptors (Lipinski definition) is 3. The summed E-state index contributed by atoms with van der Waals surface area (Å²) in [5.41, 5.74) is 2.92. The molecule has 130 valence electrons. The van der Waals surface area contributed by atoms with E-state index in [1.54, 1.807) is 0 Å². The average molecular weight is 327 g/mol. The van der Waals surface area contributed by atoms with E-state index in [1.807, 2.05) is 0 Å². The predicted molar refractivity (Wildman–Crippen MR) is 95.8 cm³/mol. The van der Waals surface area contributed by atoms with Crippen molar-refractivity contribution in [1.29, 1.82) is 0 Å². The average Bonchev–Trinajstić information content (AvgIpc) is 3.21. The molecule has 1 aromatic rings. The minimum absolute atomic E-state index is 0.354. The fourth-order valence-electron chi connectivity index (χ4n) is 5.12. The molecule has 0 spiro atoms. The molecule has 3 heterocycles. The summed E-state index contributed by atoms with van der Waals surface area (Å²) in [5.74, 6) is 1.85. The predicted octanol–water partition coefficient (Wildman–Crippen LogP) is 2.15. The van der Waals surface area contributed by atoms with Crippen molar-refractivity contribution in [1.82, 2.24) is 14.7 Å². The van der Waals surface area contributed by atoms with Gasteiger partial charge in [-0.05, 0) is 43.4 Å². The Kier molecular flexibility index (Phi) is 4.35. The molecule has 4 heteroatoms. The summed E-state index contributed by atoms with van der Waals surface area (Å²) >= 11 is 0. The van der Waals surface area contributed by atoms with Crippen LogP contribution in [0.3, 0.4) is 0 Å². The van der Waals surface area contributed by atoms with E-state index in [0.717, 1.165) is 44.3 Å². The number of benzene rings is 1. The van der Waals surface area contributed by atoms with E-state index in [1.165, 1.54) is 30.8 Å². The van der Waals surface area contributed by atoms with Gasteiger partial charge < -0.3 is 9.80 Å². The summed E-state index contributed by atoms with van der Waals surface area (Å²) < 4.78 is 0. The summed E-state index contributed by atoms with van der Waals surface area (Å²) in [5, 5.41) is 0. The van der Waals surface area contributed by atoms with Crippen LogP contribution in [0.4, 0.5) is 0 Å². The van der Waals surface area contributed by atoms with E-state index in [9.17, 15) is 4.79 Å². The number of carbonyl (C=O) groups excluding carboxylic acids is 1. The molecule has 3 saturated heterocycles. The first-order chi connectivity index (χ1) is 11.6. The van der Waals surface area contributed by atoms with Gasteiger partial charge in [-0.25, -0.2) is 0 Å². The third-order valence-corrected chi connectivity index (χ3v) is 6.33. The smallest absolute Gasteiger partial charge is 0.222 e. The molecule has 3 aliphatic heterocycles. The number of fused-ring (bicyclic) bond motifs is 1. The molecule has 4 nitrogen and oxygen atoms in total. The minimum atomic E-state index is 0.354. The van der Waals surface area contributed by atoms with Crippen molar-refractivity contribution < 1.29 is 4.79 Å². The summed E-state index contributed by atoms with van der Waals surface area (Å²) in [7, 11) is 2.28. The van der Waals surface area contributed by atoms with Gasteiger partial charge >= 0.3 is 0 Å². The summed E-state index contributed by atoms with van der Waals surface area (Å²) in [6, 6.07) is 9.41. The molecule has 24 heavy (non-hydrogen) atoms. The zero-order chi connectivity index (χ0) is 16.7. The zero-order valence-corrected chi connectivity index (χ0v) is 14.9. The minimum Gasteiger partial charge on any atom is -0.341 e. The van der Waals surface area contributed by atoms with Crippen LogP contribution < -0.4 is 0 Å². The Labute approximate surface area is 145 Å². The van der Waals surface area contributed by atoms with E-state index in [-0.39, 0.29) is 0 Å². The molecule has 1 aromatic carbocycles. The lowest BCUT2D eigenvalue weighted by Crippen LogP contribution is -2.36. The molecule has 0 bridgehead atoms. The number of likely N-dealkylation sites (tertiary alicyclic amines) is 3. The number of rotatable bonds is 4. The zero-order valence-electron chi connectivity index (χ0n) is 14.9. The highest BCUT2D eigenvalue weighted by Gasteiger charge is 2.46. The first-order valence-corrected chi connectivity index (χ1v) is 9.39. The van der Waals surface area contributed by atoms with E-state index >= 15 is 0 Å². The van der Waals surface area contributed by atoms with E-state index in [4.69, 9.17) is 0 Å². The Balaban J connectivity index is 1.41. The highest BCUT2D eigenvalue weighted by Crippen LogP contribution is 2.44. The van der Waals surface area contributed by atoms with Gasteiger partial charge in [0, 0.05) is 51.7 Å². The van der Waals surface area contributed by atoms with E-state index in [2.05, 4.69) is 52.9 Å². The standard InChI is InChI=1S/C20H29N3O/c1-15-6-3-4-7-17(15)20-18-14-22(13-16(18)12-21(20)2)10-11-23-9-5-8-19(23)24/h3-4,6-7,16,18,20H,5,8-14H2,1-2H3/t16-,18+,20+/m0/s1. The van der Waals surface area contributed by atoms with Gasteiger partial charge in [-0.3, -0.25) is 9.69 Å². The third kappa shape index (κ3) is 2.86. The quantitative estimate of drug-likeness (QED) is 0.848. The Hall–Kier alpha value is -1.39. The molecule has 0 aromatic heterocycles. The molecule has 0 unspecified atom stereocenters. The van der Waals surface area contributed by atoms with Crippen molar-refractivity contribution in [3.05, 3.63) is 35.4 Å². The Morgan fingerprint density at radius 2 is 1.96 bits per heavy atom. The van der Waals surface area contributed by atoms with Crippen LogP contribution >= 0.6 is 0 Å². The number of hydrogen-bond donors (Lipinski definition) is 0. The first kappa shape index (κ1) is 16.1. The van der Waals surface area contributed by atoms with Gasteiger partial charge in [0.15, 0.2) is 0 Å². The molecular weight excluding hydrogens is 298 g/mol. The molecule has 0 radical (unpaired) electrons. The van der Waals surface area contributed by atoms with Gasteiger partial charge in [0.1, 0.15) is 0 Å². The van der Waals surface area contributed by atoms with Crippen molar-refractivity contribution in [3.8, 4) is 0 Å². The third-order valence-electron chi connectivity index (χ3n) is 6.33. The monoisotopic (exact) mass is 327 g/mol. The lowest BCUT2D eigenvalue weighted by Gasteiger charge is -2.28. The van der Waals surface area contributed by atoms with Gasteiger partial charge in [-0.2, -0.15) is 0 Å². The fourth-order valence-corrected chi connectivity index (χ4v) is 5.12. The normalized spacial score (nSPS) is 31.2. The van der Waals surface area contributed by atoms with Crippen LogP contribution in [0, 0.1) is 18.8 Å². The van der Waals surface area contributed by atoms with Crippen molar-refractivity contribution in [2.24, 2.45) is 11.8 Å². The summed E-state index contributed by atoms with van der Waals surface area (Å²) in [6.45, 7) is 8.74. The van der Waals surface area contributed by atoms with Crippen molar-refractivity contribution in [3.63, 3.8) is 0 Å². The number of carbonyl (C=O) groups is 1. The summed E-state index contributed by atoms with van der Waals surface area (Å²) in [6.07, 6.45) is 1.80. The largest absolute Gasteiger partial charge is 0.341 e. The Bertz CT molecular complexity index is 617. The molecule has 0 N–H and O–H groups in total. The lowest BCUT2D eigenvalue weighted by molar-refractivity contribution is -0.127. The molecule has 3 atom stereocenters. The second-order valence-corrected chi connectivity index (χ2v) is 7.91. The van der Waals surface area contributed by atoms with Gasteiger partial charge in [-0.1, -0.05) is 24.3 Å². The Morgan fingerprint density at radius 1 is 1.12 bits per heavy atom. The molecule has 0 aliphatic carbocycles. The van der Waals surface area contributed by atoms with Gasteiger partial charge in [0.05, 0.1) is 0 Å². The van der Waals surface area contributed by atoms with Gasteiger partial charge in [-0.15, -0.1) is 0 Å². The molecule has 3 aliphatic rings. The van der Waals surface area contributed by atoms with Crippen LogP contribution in [0.5, 0.6) is 0 Å². The summed E-state index contributed by atoms with van der Waals surface area (Å²) in [4.78, 5) is 19.0. The molecule has 4 rings (SSSR count). The maximum absolute atomic E-state index is 11.8. The molecular formula is C20H29N3O. The SMILES string of the molecule is Cc1ccccc1[C@@H]1[C@@H]2CN(CCN3CCCC3=O)C[C@@H]2CN1C. The second kappa shape index (κ2) is 6.49. The second-order valence-electron chi connectivity index (χ2n) is 7.91. The van der Waals surface area contributed by atoms with Crippen LogP contribution in [0.2, 0.25) is 0 Å². The highest BCUT2D eigenvalue weighted by molar-refractivity contribution is 5.78. The van der Waals surface area contributed by atoms with E-state index < -0.39 is 0 Å². The topological polar surface area (TPSA) is 26.8 Å².